The number of carboxylic acids is 2. The fraction of sp³-hybridized carbons (Fsp3) is 0.111. The first-order valence-electron chi connectivity index (χ1n) is 8.64. The second kappa shape index (κ2) is 8.23. The minimum Gasteiger partial charge on any atom is -0.480 e. The van der Waals surface area contributed by atoms with Gasteiger partial charge in [-0.1, -0.05) is 0 Å². The summed E-state index contributed by atoms with van der Waals surface area (Å²) in [6, 6.07) is 6.02. The molecular formula is C18H14N2O10S2. The lowest BCUT2D eigenvalue weighted by molar-refractivity contribution is -0.136. The smallest absolute Gasteiger partial charge is 0.318 e. The van der Waals surface area contributed by atoms with Gasteiger partial charge in [-0.25, -0.2) is 16.8 Å². The highest BCUT2D eigenvalue weighted by atomic mass is 32.2. The largest absolute Gasteiger partial charge is 0.480 e. The molecule has 12 nitrogen and oxygen atoms in total. The molecule has 4 N–H and O–H groups in total. The number of nitrogens with one attached hydrogen (secondary N) is 2. The van der Waals surface area contributed by atoms with E-state index in [1.54, 1.807) is 0 Å². The maximum atomic E-state index is 12.9. The van der Waals surface area contributed by atoms with E-state index in [2.05, 4.69) is 0 Å². The molecule has 0 heterocycles. The van der Waals surface area contributed by atoms with Crippen molar-refractivity contribution in [2.75, 3.05) is 13.1 Å². The molecule has 32 heavy (non-hydrogen) atoms. The molecular weight excluding hydrogens is 468 g/mol. The van der Waals surface area contributed by atoms with Crippen molar-refractivity contribution in [1.82, 2.24) is 9.44 Å². The molecule has 0 saturated carbocycles. The van der Waals surface area contributed by atoms with Crippen LogP contribution in [0.5, 0.6) is 0 Å². The minimum absolute atomic E-state index is 0.173. The Balaban J connectivity index is 2.02. The number of ketones is 2. The van der Waals surface area contributed by atoms with Crippen molar-refractivity contribution in [3.63, 3.8) is 0 Å². The van der Waals surface area contributed by atoms with Crippen LogP contribution in [0.3, 0.4) is 0 Å². The summed E-state index contributed by atoms with van der Waals surface area (Å²) >= 11 is 0. The quantitative estimate of drug-likeness (QED) is 0.314. The first-order chi connectivity index (χ1) is 14.8. The number of benzene rings is 2. The Hall–Kier alpha value is -3.46. The molecule has 0 radical (unpaired) electrons. The maximum Gasteiger partial charge on any atom is 0.318 e. The fourth-order valence-electron chi connectivity index (χ4n) is 2.92. The van der Waals surface area contributed by atoms with Gasteiger partial charge in [-0.15, -0.1) is 0 Å². The lowest BCUT2D eigenvalue weighted by Crippen LogP contribution is -2.30. The van der Waals surface area contributed by atoms with E-state index >= 15 is 0 Å². The van der Waals surface area contributed by atoms with Crippen molar-refractivity contribution in [3.05, 3.63) is 58.7 Å². The molecule has 14 heteroatoms. The first-order valence-corrected chi connectivity index (χ1v) is 11.6. The van der Waals surface area contributed by atoms with Crippen molar-refractivity contribution >= 4 is 43.6 Å². The first kappa shape index (κ1) is 23.2. The highest BCUT2D eigenvalue weighted by Crippen LogP contribution is 2.30. The molecule has 168 valence electrons. The predicted octanol–water partition coefficient (Wildman–Crippen LogP) is -0.812. The van der Waals surface area contributed by atoms with E-state index < -0.39 is 66.4 Å². The van der Waals surface area contributed by atoms with Crippen LogP contribution in [0.1, 0.15) is 31.8 Å². The summed E-state index contributed by atoms with van der Waals surface area (Å²) in [4.78, 5) is 46.1. The highest BCUT2D eigenvalue weighted by molar-refractivity contribution is 7.89. The summed E-state index contributed by atoms with van der Waals surface area (Å²) in [5.74, 6) is -4.33. The number of carbonyl (C=O) groups excluding carboxylic acids is 2. The van der Waals surface area contributed by atoms with E-state index in [0.717, 1.165) is 36.4 Å². The Labute approximate surface area is 181 Å². The second-order valence-electron chi connectivity index (χ2n) is 6.51. The summed E-state index contributed by atoms with van der Waals surface area (Å²) in [7, 11) is -8.55. The molecule has 0 aromatic heterocycles. The number of fused-ring (bicyclic) bond motifs is 2. The van der Waals surface area contributed by atoms with Gasteiger partial charge in [0.1, 0.15) is 13.1 Å². The van der Waals surface area contributed by atoms with Crippen LogP contribution in [0.4, 0.5) is 0 Å². The van der Waals surface area contributed by atoms with Gasteiger partial charge in [0.05, 0.1) is 9.79 Å². The van der Waals surface area contributed by atoms with Gasteiger partial charge in [-0.2, -0.15) is 9.44 Å². The number of carboxylic acid groups (broad SMARTS) is 2. The molecule has 0 aliphatic heterocycles. The van der Waals surface area contributed by atoms with E-state index in [4.69, 9.17) is 10.2 Å². The Bertz CT molecular complexity index is 1290. The van der Waals surface area contributed by atoms with Crippen LogP contribution in [0, 0.1) is 0 Å². The van der Waals surface area contributed by atoms with Gasteiger partial charge in [0.25, 0.3) is 0 Å². The number of carbonyl (C=O) groups is 4. The Kier molecular flexibility index (Phi) is 5.97. The molecule has 3 rings (SSSR count). The van der Waals surface area contributed by atoms with Gasteiger partial charge in [-0.05, 0) is 36.4 Å². The topological polar surface area (TPSA) is 201 Å². The van der Waals surface area contributed by atoms with E-state index in [-0.39, 0.29) is 22.3 Å². The molecule has 2 aromatic carbocycles. The van der Waals surface area contributed by atoms with Crippen LogP contribution in [-0.2, 0) is 29.6 Å². The van der Waals surface area contributed by atoms with Crippen molar-refractivity contribution in [3.8, 4) is 0 Å². The molecule has 0 amide bonds. The number of aliphatic carboxylic acids is 2. The average Bonchev–Trinajstić information content (AvgIpc) is 2.74. The Morgan fingerprint density at radius 2 is 1.00 bits per heavy atom. The maximum absolute atomic E-state index is 12.9. The molecule has 1 aliphatic carbocycles. The zero-order chi connectivity index (χ0) is 23.8. The molecule has 1 aliphatic rings. The lowest BCUT2D eigenvalue weighted by atomic mass is 9.84. The van der Waals surface area contributed by atoms with E-state index in [0.29, 0.717) is 0 Å². The molecule has 0 spiro atoms. The zero-order valence-corrected chi connectivity index (χ0v) is 17.5. The number of sulfonamides is 2. The molecule has 0 saturated heterocycles. The third-order valence-corrected chi connectivity index (χ3v) is 7.21. The fourth-order valence-corrected chi connectivity index (χ4v) is 4.92. The summed E-state index contributed by atoms with van der Waals surface area (Å²) in [6.07, 6.45) is 0. The molecule has 2 aromatic rings. The minimum atomic E-state index is -4.28. The standard InChI is InChI=1S/C18H14N2O10S2/c21-15(22)7-19-31(27,28)9-1-3-11-13(5-9)18(26)12-4-2-10(6-14(12)17(11)25)32(29,30)20-8-16(23)24/h1-6,19-20H,7-8H2,(H,21,22)(H,23,24). The molecule has 0 unspecified atom stereocenters. The lowest BCUT2D eigenvalue weighted by Gasteiger charge is -2.19. The summed E-state index contributed by atoms with van der Waals surface area (Å²) in [5.41, 5.74) is -0.846. The van der Waals surface area contributed by atoms with Crippen LogP contribution in [0.25, 0.3) is 0 Å². The second-order valence-corrected chi connectivity index (χ2v) is 10.0. The van der Waals surface area contributed by atoms with Crippen molar-refractivity contribution in [1.29, 1.82) is 0 Å². The van der Waals surface area contributed by atoms with Crippen LogP contribution >= 0.6 is 0 Å². The highest BCUT2D eigenvalue weighted by Gasteiger charge is 2.32. The SMILES string of the molecule is O=C(O)CNS(=O)(=O)c1ccc2c(c1)C(=O)c1ccc(S(=O)(=O)NCC(=O)O)cc1C2=O. The van der Waals surface area contributed by atoms with Gasteiger partial charge in [0.15, 0.2) is 11.6 Å². The summed E-state index contributed by atoms with van der Waals surface area (Å²) in [5, 5.41) is 17.3. The van der Waals surface area contributed by atoms with Crippen molar-refractivity contribution in [2.24, 2.45) is 0 Å². The van der Waals surface area contributed by atoms with Crippen LogP contribution in [0.15, 0.2) is 46.2 Å². The van der Waals surface area contributed by atoms with Crippen LogP contribution in [0.2, 0.25) is 0 Å². The monoisotopic (exact) mass is 482 g/mol. The zero-order valence-electron chi connectivity index (χ0n) is 15.9. The normalized spacial score (nSPS) is 13.4. The number of hydrogen-bond donors (Lipinski definition) is 4. The third-order valence-electron chi connectivity index (χ3n) is 4.41. The number of rotatable bonds is 8. The Morgan fingerprint density at radius 1 is 0.656 bits per heavy atom. The summed E-state index contributed by atoms with van der Waals surface area (Å²) in [6.45, 7) is -1.77. The predicted molar refractivity (Wildman–Crippen MR) is 105 cm³/mol. The van der Waals surface area contributed by atoms with Crippen LogP contribution < -0.4 is 9.44 Å². The molecule has 0 atom stereocenters. The van der Waals surface area contributed by atoms with E-state index in [9.17, 15) is 36.0 Å². The molecule has 0 bridgehead atoms. The average molecular weight is 482 g/mol. The van der Waals surface area contributed by atoms with Gasteiger partial charge in [-0.3, -0.25) is 19.2 Å². The van der Waals surface area contributed by atoms with Gasteiger partial charge in [0.2, 0.25) is 20.0 Å². The van der Waals surface area contributed by atoms with E-state index in [1.807, 2.05) is 9.44 Å². The van der Waals surface area contributed by atoms with Gasteiger partial charge in [0, 0.05) is 22.3 Å². The number of hydrogen-bond acceptors (Lipinski definition) is 8. The van der Waals surface area contributed by atoms with Crippen molar-refractivity contribution in [2.45, 2.75) is 9.79 Å². The van der Waals surface area contributed by atoms with E-state index in [1.165, 1.54) is 0 Å². The van der Waals surface area contributed by atoms with Crippen LogP contribution in [-0.4, -0.2) is 63.6 Å². The molecule has 0 fully saturated rings. The summed E-state index contributed by atoms with van der Waals surface area (Å²) < 4.78 is 52.6. The Morgan fingerprint density at radius 3 is 1.31 bits per heavy atom. The third kappa shape index (κ3) is 4.43. The van der Waals surface area contributed by atoms with Gasteiger partial charge < -0.3 is 10.2 Å². The van der Waals surface area contributed by atoms with Crippen molar-refractivity contribution < 1.29 is 46.2 Å². The van der Waals surface area contributed by atoms with Gasteiger partial charge >= 0.3 is 11.9 Å².